The van der Waals surface area contributed by atoms with E-state index < -0.39 is 27.7 Å². The summed E-state index contributed by atoms with van der Waals surface area (Å²) in [5.74, 6) is -0.625. The van der Waals surface area contributed by atoms with Gasteiger partial charge in [0, 0.05) is 4.75 Å². The summed E-state index contributed by atoms with van der Waals surface area (Å²) in [5, 5.41) is 9.50. The standard InChI is InChI=1S/C15H19NO4S/c1-14(2)11(12(17)18)16(15(3,4)21-14)13(19)20-10-8-6-5-7-9-10/h5-9,11H,1-4H3,(H,17,18). The summed E-state index contributed by atoms with van der Waals surface area (Å²) in [6, 6.07) is 7.71. The summed E-state index contributed by atoms with van der Waals surface area (Å²) in [7, 11) is 0. The SMILES string of the molecule is CC1(C)SC(C)(C)N(C(=O)Oc2ccccc2)C1C(=O)O. The molecule has 0 aliphatic carbocycles. The second-order valence-corrected chi connectivity index (χ2v) is 8.20. The molecule has 0 radical (unpaired) electrons. The van der Waals surface area contributed by atoms with E-state index in [-0.39, 0.29) is 0 Å². The average molecular weight is 309 g/mol. The molecular formula is C15H19NO4S. The van der Waals surface area contributed by atoms with Crippen LogP contribution in [0.5, 0.6) is 5.75 Å². The second kappa shape index (κ2) is 5.26. The molecule has 114 valence electrons. The summed E-state index contributed by atoms with van der Waals surface area (Å²) in [6.07, 6.45) is -0.642. The largest absolute Gasteiger partial charge is 0.480 e. The monoisotopic (exact) mass is 309 g/mol. The summed E-state index contributed by atoms with van der Waals surface area (Å²) in [6.45, 7) is 7.31. The number of benzene rings is 1. The normalized spacial score (nSPS) is 22.9. The number of carboxylic acid groups (broad SMARTS) is 1. The van der Waals surface area contributed by atoms with Crippen molar-refractivity contribution in [1.29, 1.82) is 0 Å². The van der Waals surface area contributed by atoms with Crippen LogP contribution in [0.15, 0.2) is 30.3 Å². The van der Waals surface area contributed by atoms with Crippen LogP contribution < -0.4 is 4.74 Å². The first-order valence-electron chi connectivity index (χ1n) is 6.64. The lowest BCUT2D eigenvalue weighted by atomic mass is 10.0. The van der Waals surface area contributed by atoms with E-state index in [9.17, 15) is 14.7 Å². The van der Waals surface area contributed by atoms with Gasteiger partial charge in [-0.25, -0.2) is 9.59 Å². The fraction of sp³-hybridized carbons (Fsp3) is 0.467. The van der Waals surface area contributed by atoms with Crippen LogP contribution in [-0.4, -0.2) is 37.7 Å². The highest BCUT2D eigenvalue weighted by atomic mass is 32.2. The minimum absolute atomic E-state index is 0.400. The molecule has 5 nitrogen and oxygen atoms in total. The number of ether oxygens (including phenoxy) is 1. The Hall–Kier alpha value is -1.69. The lowest BCUT2D eigenvalue weighted by molar-refractivity contribution is -0.143. The van der Waals surface area contributed by atoms with Crippen LogP contribution in [0, 0.1) is 0 Å². The van der Waals surface area contributed by atoms with Crippen LogP contribution in [0.25, 0.3) is 0 Å². The minimum Gasteiger partial charge on any atom is -0.480 e. The third kappa shape index (κ3) is 3.00. The molecule has 1 aromatic rings. The van der Waals surface area contributed by atoms with Crippen LogP contribution in [0.4, 0.5) is 4.79 Å². The lowest BCUT2D eigenvalue weighted by Crippen LogP contribution is -2.54. The van der Waals surface area contributed by atoms with E-state index in [1.54, 1.807) is 24.3 Å². The van der Waals surface area contributed by atoms with Gasteiger partial charge in [0.2, 0.25) is 0 Å². The van der Waals surface area contributed by atoms with Crippen molar-refractivity contribution in [1.82, 2.24) is 4.90 Å². The van der Waals surface area contributed by atoms with Gasteiger partial charge in [-0.05, 0) is 39.8 Å². The van der Waals surface area contributed by atoms with Gasteiger partial charge in [0.05, 0.1) is 4.87 Å². The molecular weight excluding hydrogens is 290 g/mol. The number of aliphatic carboxylic acids is 1. The Balaban J connectivity index is 2.30. The van der Waals surface area contributed by atoms with E-state index in [0.29, 0.717) is 5.75 Å². The van der Waals surface area contributed by atoms with Crippen molar-refractivity contribution in [2.75, 3.05) is 0 Å². The zero-order chi connectivity index (χ0) is 15.8. The number of nitrogens with zero attached hydrogens (tertiary/aromatic N) is 1. The molecule has 1 heterocycles. The molecule has 0 spiro atoms. The maximum atomic E-state index is 12.5. The van der Waals surface area contributed by atoms with Crippen LogP contribution in [0.3, 0.4) is 0 Å². The Kier molecular flexibility index (Phi) is 3.93. The summed E-state index contributed by atoms with van der Waals surface area (Å²) in [4.78, 5) is 24.7. The number of carboxylic acids is 1. The van der Waals surface area contributed by atoms with Gasteiger partial charge in [0.25, 0.3) is 0 Å². The number of hydrogen-bond acceptors (Lipinski definition) is 4. The molecule has 1 fully saturated rings. The fourth-order valence-electron chi connectivity index (χ4n) is 2.74. The molecule has 1 aliphatic heterocycles. The maximum Gasteiger partial charge on any atom is 0.417 e. The molecule has 1 unspecified atom stereocenters. The predicted molar refractivity (Wildman–Crippen MR) is 81.5 cm³/mol. The van der Waals surface area contributed by atoms with Gasteiger partial charge in [-0.2, -0.15) is 0 Å². The smallest absolute Gasteiger partial charge is 0.417 e. The Morgan fingerprint density at radius 2 is 1.76 bits per heavy atom. The van der Waals surface area contributed by atoms with Crippen LogP contribution in [0.2, 0.25) is 0 Å². The van der Waals surface area contributed by atoms with Crippen LogP contribution >= 0.6 is 11.8 Å². The van der Waals surface area contributed by atoms with Gasteiger partial charge in [-0.3, -0.25) is 4.90 Å². The average Bonchev–Trinajstić information content (AvgIpc) is 2.54. The maximum absolute atomic E-state index is 12.5. The summed E-state index contributed by atoms with van der Waals surface area (Å²) in [5.41, 5.74) is 0. The molecule has 1 saturated heterocycles. The Morgan fingerprint density at radius 3 is 2.29 bits per heavy atom. The second-order valence-electron chi connectivity index (χ2n) is 5.94. The third-order valence-corrected chi connectivity index (χ3v) is 4.83. The fourth-order valence-corrected chi connectivity index (χ4v) is 4.63. The lowest BCUT2D eigenvalue weighted by Gasteiger charge is -2.32. The van der Waals surface area contributed by atoms with Gasteiger partial charge in [-0.15, -0.1) is 11.8 Å². The highest BCUT2D eigenvalue weighted by Crippen LogP contribution is 2.51. The Labute approximate surface area is 128 Å². The van der Waals surface area contributed by atoms with E-state index in [2.05, 4.69) is 0 Å². The molecule has 21 heavy (non-hydrogen) atoms. The van der Waals surface area contributed by atoms with Crippen molar-refractivity contribution in [3.05, 3.63) is 30.3 Å². The molecule has 1 amide bonds. The van der Waals surface area contributed by atoms with Gasteiger partial charge in [-0.1, -0.05) is 18.2 Å². The number of amides is 1. The molecule has 1 N–H and O–H groups in total. The highest BCUT2D eigenvalue weighted by Gasteiger charge is 2.57. The molecule has 0 bridgehead atoms. The van der Waals surface area contributed by atoms with Crippen LogP contribution in [-0.2, 0) is 4.79 Å². The Morgan fingerprint density at radius 1 is 1.19 bits per heavy atom. The summed E-state index contributed by atoms with van der Waals surface area (Å²) < 4.78 is 4.73. The molecule has 1 atom stereocenters. The number of carbonyl (C=O) groups is 2. The van der Waals surface area contributed by atoms with Crippen molar-refractivity contribution >= 4 is 23.8 Å². The van der Waals surface area contributed by atoms with Crippen molar-refractivity contribution < 1.29 is 19.4 Å². The number of thioether (sulfide) groups is 1. The third-order valence-electron chi connectivity index (χ3n) is 3.39. The first-order valence-corrected chi connectivity index (χ1v) is 7.46. The number of para-hydroxylation sites is 1. The molecule has 2 rings (SSSR count). The van der Waals surface area contributed by atoms with Gasteiger partial charge < -0.3 is 9.84 Å². The molecule has 1 aromatic carbocycles. The van der Waals surface area contributed by atoms with Crippen molar-refractivity contribution in [2.24, 2.45) is 0 Å². The Bertz CT molecular complexity index is 556. The summed E-state index contributed by atoms with van der Waals surface area (Å²) >= 11 is 1.45. The minimum atomic E-state index is -1.02. The number of hydrogen-bond donors (Lipinski definition) is 1. The van der Waals surface area contributed by atoms with Gasteiger partial charge >= 0.3 is 12.1 Å². The van der Waals surface area contributed by atoms with E-state index >= 15 is 0 Å². The first kappa shape index (κ1) is 15.7. The number of rotatable bonds is 2. The number of carbonyl (C=O) groups excluding carboxylic acids is 1. The van der Waals surface area contributed by atoms with Crippen LogP contribution in [0.1, 0.15) is 27.7 Å². The zero-order valence-corrected chi connectivity index (χ0v) is 13.3. The van der Waals surface area contributed by atoms with E-state index in [1.165, 1.54) is 16.7 Å². The van der Waals surface area contributed by atoms with Gasteiger partial charge in [0.15, 0.2) is 0 Å². The van der Waals surface area contributed by atoms with E-state index in [4.69, 9.17) is 4.74 Å². The molecule has 0 aromatic heterocycles. The topological polar surface area (TPSA) is 66.8 Å². The van der Waals surface area contributed by atoms with Crippen molar-refractivity contribution in [3.63, 3.8) is 0 Å². The van der Waals surface area contributed by atoms with Crippen molar-refractivity contribution in [3.8, 4) is 5.75 Å². The quantitative estimate of drug-likeness (QED) is 0.908. The molecule has 6 heteroatoms. The molecule has 0 saturated carbocycles. The zero-order valence-electron chi connectivity index (χ0n) is 12.5. The first-order chi connectivity index (χ1) is 9.65. The van der Waals surface area contributed by atoms with E-state index in [0.717, 1.165) is 0 Å². The predicted octanol–water partition coefficient (Wildman–Crippen LogP) is 3.20. The highest BCUT2D eigenvalue weighted by molar-refractivity contribution is 8.02. The van der Waals surface area contributed by atoms with E-state index in [1.807, 2.05) is 33.8 Å². The van der Waals surface area contributed by atoms with Crippen molar-refractivity contribution in [2.45, 2.75) is 43.4 Å². The van der Waals surface area contributed by atoms with Gasteiger partial charge in [0.1, 0.15) is 11.8 Å². The molecule has 1 aliphatic rings.